The van der Waals surface area contributed by atoms with Gasteiger partial charge in [-0.2, -0.15) is 0 Å². The summed E-state index contributed by atoms with van der Waals surface area (Å²) < 4.78 is 1.73. The number of benzene rings is 1. The number of fused-ring (bicyclic) bond motifs is 1. The lowest BCUT2D eigenvalue weighted by Crippen LogP contribution is -2.54. The van der Waals surface area contributed by atoms with Crippen molar-refractivity contribution in [3.05, 3.63) is 64.7 Å². The standard InChI is InChI=1S/C28H35N7O4/c1-32(2)24(36)18-34-17-20(19-7-4-3-5-8-19)10-11-22(26(34)37)30-27(38)33-15-12-21(13-16-33)35-23-9-6-14-29-25(23)31-28(35)39/h3-9,14,20-22H,10-13,15-18H2,1-2H3,(H,30,38)(H,29,31,39)/t20-,22-/m1/s1. The van der Waals surface area contributed by atoms with E-state index in [0.29, 0.717) is 51.0 Å². The number of H-pyrrole nitrogens is 1. The van der Waals surface area contributed by atoms with Gasteiger partial charge in [-0.25, -0.2) is 14.6 Å². The molecule has 39 heavy (non-hydrogen) atoms. The van der Waals surface area contributed by atoms with Crippen LogP contribution in [0.15, 0.2) is 53.5 Å². The summed E-state index contributed by atoms with van der Waals surface area (Å²) in [5.74, 6) is -0.316. The van der Waals surface area contributed by atoms with Crippen molar-refractivity contribution in [2.75, 3.05) is 40.3 Å². The van der Waals surface area contributed by atoms with Crippen LogP contribution in [0, 0.1) is 0 Å². The fourth-order valence-electron chi connectivity index (χ4n) is 5.63. The molecule has 0 saturated carbocycles. The molecule has 2 fully saturated rings. The van der Waals surface area contributed by atoms with Crippen molar-refractivity contribution in [1.82, 2.24) is 34.6 Å². The fourth-order valence-corrected chi connectivity index (χ4v) is 5.63. The van der Waals surface area contributed by atoms with Gasteiger partial charge < -0.3 is 20.0 Å². The van der Waals surface area contributed by atoms with E-state index in [9.17, 15) is 19.2 Å². The lowest BCUT2D eigenvalue weighted by atomic mass is 9.93. The van der Waals surface area contributed by atoms with Gasteiger partial charge in [0.15, 0.2) is 5.65 Å². The fraction of sp³-hybridized carbons (Fsp3) is 0.464. The van der Waals surface area contributed by atoms with Gasteiger partial charge in [-0.05, 0) is 43.4 Å². The van der Waals surface area contributed by atoms with Crippen LogP contribution in [0.1, 0.15) is 43.2 Å². The van der Waals surface area contributed by atoms with Crippen LogP contribution in [0.2, 0.25) is 0 Å². The molecule has 11 nitrogen and oxygen atoms in total. The van der Waals surface area contributed by atoms with Crippen LogP contribution in [0.3, 0.4) is 0 Å². The number of pyridine rings is 1. The van der Waals surface area contributed by atoms with Gasteiger partial charge in [0, 0.05) is 51.9 Å². The number of rotatable bonds is 5. The zero-order chi connectivity index (χ0) is 27.5. The summed E-state index contributed by atoms with van der Waals surface area (Å²) in [6.45, 7) is 1.33. The van der Waals surface area contributed by atoms with Crippen LogP contribution in [0.25, 0.3) is 11.2 Å². The molecule has 0 bridgehead atoms. The summed E-state index contributed by atoms with van der Waals surface area (Å²) in [5.41, 5.74) is 2.23. The molecule has 2 aromatic heterocycles. The molecule has 0 radical (unpaired) electrons. The number of imidazole rings is 1. The van der Waals surface area contributed by atoms with Crippen molar-refractivity contribution in [1.29, 1.82) is 0 Å². The van der Waals surface area contributed by atoms with E-state index >= 15 is 0 Å². The first kappa shape index (κ1) is 26.5. The van der Waals surface area contributed by atoms with E-state index in [4.69, 9.17) is 0 Å². The minimum atomic E-state index is -0.707. The highest BCUT2D eigenvalue weighted by atomic mass is 16.2. The second kappa shape index (κ2) is 11.3. The number of likely N-dealkylation sites (N-methyl/N-ethyl adjacent to an activating group) is 1. The molecule has 2 aliphatic heterocycles. The van der Waals surface area contributed by atoms with Gasteiger partial charge >= 0.3 is 11.7 Å². The number of nitrogens with zero attached hydrogens (tertiary/aromatic N) is 5. The summed E-state index contributed by atoms with van der Waals surface area (Å²) in [6, 6.07) is 12.6. The molecule has 5 rings (SSSR count). The molecule has 4 heterocycles. The molecule has 2 atom stereocenters. The topological polar surface area (TPSA) is 124 Å². The predicted octanol–water partition coefficient (Wildman–Crippen LogP) is 1.93. The quantitative estimate of drug-likeness (QED) is 0.519. The third kappa shape index (κ3) is 5.67. The number of amides is 4. The van der Waals surface area contributed by atoms with Gasteiger partial charge in [0.25, 0.3) is 0 Å². The zero-order valence-electron chi connectivity index (χ0n) is 22.4. The molecule has 0 aliphatic carbocycles. The van der Waals surface area contributed by atoms with Crippen LogP contribution in [-0.2, 0) is 9.59 Å². The number of hydrogen-bond donors (Lipinski definition) is 2. The molecule has 1 aromatic carbocycles. The van der Waals surface area contributed by atoms with Crippen LogP contribution < -0.4 is 11.0 Å². The van der Waals surface area contributed by atoms with Gasteiger partial charge in [-0.3, -0.25) is 19.1 Å². The van der Waals surface area contributed by atoms with Gasteiger partial charge in [-0.15, -0.1) is 0 Å². The third-order valence-electron chi connectivity index (χ3n) is 7.85. The maximum Gasteiger partial charge on any atom is 0.327 e. The average molecular weight is 534 g/mol. The highest BCUT2D eigenvalue weighted by Gasteiger charge is 2.35. The van der Waals surface area contributed by atoms with Crippen molar-refractivity contribution in [3.8, 4) is 0 Å². The van der Waals surface area contributed by atoms with E-state index in [1.165, 1.54) is 4.90 Å². The Kier molecular flexibility index (Phi) is 7.67. The number of nitrogens with one attached hydrogen (secondary N) is 2. The van der Waals surface area contributed by atoms with E-state index in [0.717, 1.165) is 11.1 Å². The van der Waals surface area contributed by atoms with Crippen molar-refractivity contribution in [2.45, 2.75) is 43.7 Å². The second-order valence-corrected chi connectivity index (χ2v) is 10.6. The number of piperidine rings is 1. The lowest BCUT2D eigenvalue weighted by Gasteiger charge is -2.34. The summed E-state index contributed by atoms with van der Waals surface area (Å²) in [7, 11) is 3.34. The van der Waals surface area contributed by atoms with Crippen LogP contribution in [-0.4, -0.2) is 93.4 Å². The Hall–Kier alpha value is -4.15. The molecular weight excluding hydrogens is 498 g/mol. The number of carbonyl (C=O) groups excluding carboxylic acids is 3. The second-order valence-electron chi connectivity index (χ2n) is 10.6. The average Bonchev–Trinajstić information content (AvgIpc) is 3.21. The zero-order valence-corrected chi connectivity index (χ0v) is 22.4. The number of urea groups is 1. The maximum atomic E-state index is 13.5. The summed E-state index contributed by atoms with van der Waals surface area (Å²) in [6.07, 6.45) is 4.09. The van der Waals surface area contributed by atoms with Crippen molar-refractivity contribution >= 4 is 29.0 Å². The van der Waals surface area contributed by atoms with E-state index in [2.05, 4.69) is 15.3 Å². The van der Waals surface area contributed by atoms with E-state index in [-0.39, 0.29) is 42.0 Å². The highest BCUT2D eigenvalue weighted by molar-refractivity contribution is 5.90. The third-order valence-corrected chi connectivity index (χ3v) is 7.85. The van der Waals surface area contributed by atoms with Crippen LogP contribution in [0.4, 0.5) is 4.79 Å². The Morgan fingerprint density at radius 3 is 2.49 bits per heavy atom. The van der Waals surface area contributed by atoms with Gasteiger partial charge in [0.05, 0.1) is 12.1 Å². The van der Waals surface area contributed by atoms with Crippen LogP contribution >= 0.6 is 0 Å². The molecule has 2 saturated heterocycles. The summed E-state index contributed by atoms with van der Waals surface area (Å²) in [4.78, 5) is 63.7. The Balaban J connectivity index is 1.26. The molecule has 11 heteroatoms. The molecule has 4 amide bonds. The number of likely N-dealkylation sites (tertiary alicyclic amines) is 2. The minimum absolute atomic E-state index is 0.0266. The Morgan fingerprint density at radius 1 is 1.03 bits per heavy atom. The first-order chi connectivity index (χ1) is 18.8. The summed E-state index contributed by atoms with van der Waals surface area (Å²) in [5, 5.41) is 2.96. The predicted molar refractivity (Wildman–Crippen MR) is 146 cm³/mol. The van der Waals surface area contributed by atoms with Crippen molar-refractivity contribution in [3.63, 3.8) is 0 Å². The highest BCUT2D eigenvalue weighted by Crippen LogP contribution is 2.28. The SMILES string of the molecule is CN(C)C(=O)CN1C[C@H](c2ccccc2)CC[C@@H](NC(=O)N2CCC(n3c(=O)[nH]c4ncccc43)CC2)C1=O. The van der Waals surface area contributed by atoms with Crippen LogP contribution in [0.5, 0.6) is 0 Å². The molecule has 0 spiro atoms. The first-order valence-corrected chi connectivity index (χ1v) is 13.5. The van der Waals surface area contributed by atoms with E-state index < -0.39 is 6.04 Å². The van der Waals surface area contributed by atoms with Gasteiger partial charge in [0.2, 0.25) is 11.8 Å². The van der Waals surface area contributed by atoms with E-state index in [1.54, 1.807) is 40.7 Å². The largest absolute Gasteiger partial charge is 0.347 e. The number of hydrogen-bond acceptors (Lipinski definition) is 5. The molecule has 2 N–H and O–H groups in total. The van der Waals surface area contributed by atoms with Crippen molar-refractivity contribution < 1.29 is 14.4 Å². The molecular formula is C28H35N7O4. The molecule has 2 aliphatic rings. The van der Waals surface area contributed by atoms with Crippen molar-refractivity contribution in [2.24, 2.45) is 0 Å². The Bertz CT molecular complexity index is 1390. The monoisotopic (exact) mass is 533 g/mol. The number of carbonyl (C=O) groups is 3. The number of aromatic nitrogens is 3. The first-order valence-electron chi connectivity index (χ1n) is 13.5. The van der Waals surface area contributed by atoms with Gasteiger partial charge in [-0.1, -0.05) is 30.3 Å². The normalized spacial score (nSPS) is 20.6. The lowest BCUT2D eigenvalue weighted by molar-refractivity contribution is -0.140. The minimum Gasteiger partial charge on any atom is -0.347 e. The van der Waals surface area contributed by atoms with E-state index in [1.807, 2.05) is 36.4 Å². The smallest absolute Gasteiger partial charge is 0.327 e. The van der Waals surface area contributed by atoms with Gasteiger partial charge in [0.1, 0.15) is 6.04 Å². The molecule has 206 valence electrons. The molecule has 3 aromatic rings. The maximum absolute atomic E-state index is 13.5. The molecule has 0 unspecified atom stereocenters. The Labute approximate surface area is 226 Å². The number of aromatic amines is 1. The summed E-state index contributed by atoms with van der Waals surface area (Å²) >= 11 is 0. The Morgan fingerprint density at radius 2 is 1.77 bits per heavy atom.